The number of hydrogen-bond acceptors (Lipinski definition) is 4. The highest BCUT2D eigenvalue weighted by Gasteiger charge is 2.51. The van der Waals surface area contributed by atoms with Crippen LogP contribution in [0, 0.1) is 0 Å². The van der Waals surface area contributed by atoms with Crippen LogP contribution in [0.15, 0.2) is 54.6 Å². The first-order valence-corrected chi connectivity index (χ1v) is 10.9. The van der Waals surface area contributed by atoms with E-state index < -0.39 is 25.6 Å². The van der Waals surface area contributed by atoms with E-state index in [0.717, 1.165) is 12.1 Å². The van der Waals surface area contributed by atoms with Gasteiger partial charge in [0, 0.05) is 16.1 Å². The fraction of sp³-hybridized carbons (Fsp3) is 0.0526. The molecule has 29 heavy (non-hydrogen) atoms. The third-order valence-electron chi connectivity index (χ3n) is 4.41. The quantitative estimate of drug-likeness (QED) is 0.239. The summed E-state index contributed by atoms with van der Waals surface area (Å²) < 4.78 is 34.1. The van der Waals surface area contributed by atoms with E-state index in [2.05, 4.69) is 0 Å². The maximum absolute atomic E-state index is 13.0. The third kappa shape index (κ3) is 3.54. The average Bonchev–Trinajstić information content (AvgIpc) is 2.65. The minimum Gasteiger partial charge on any atom is -0.508 e. The highest BCUT2D eigenvalue weighted by atomic mass is 35.5. The van der Waals surface area contributed by atoms with Gasteiger partial charge < -0.3 is 10.2 Å². The molecule has 0 amide bonds. The molecule has 0 radical (unpaired) electrons. The first-order valence-electron chi connectivity index (χ1n) is 7.90. The summed E-state index contributed by atoms with van der Waals surface area (Å²) in [4.78, 5) is 0. The molecule has 0 aliphatic rings. The molecule has 0 fully saturated rings. The molecular formula is C19H12Cl4O5S. The van der Waals surface area contributed by atoms with Gasteiger partial charge >= 0.3 is 0 Å². The lowest BCUT2D eigenvalue weighted by Gasteiger charge is -2.34. The zero-order valence-corrected chi connectivity index (χ0v) is 18.1. The van der Waals surface area contributed by atoms with E-state index >= 15 is 0 Å². The predicted octanol–water partition coefficient (Wildman–Crippen LogP) is 5.89. The maximum Gasteiger partial charge on any atom is 0.283 e. The second-order valence-electron chi connectivity index (χ2n) is 6.07. The molecule has 0 aromatic heterocycles. The normalized spacial score (nSPS) is 13.8. The molecule has 3 rings (SSSR count). The molecule has 3 aromatic carbocycles. The molecule has 10 heteroatoms. The van der Waals surface area contributed by atoms with E-state index in [4.69, 9.17) is 46.4 Å². The van der Waals surface area contributed by atoms with E-state index in [1.54, 1.807) is 6.07 Å². The molecule has 1 atom stereocenters. The second kappa shape index (κ2) is 7.87. The molecule has 0 bridgehead atoms. The third-order valence-corrected chi connectivity index (χ3v) is 7.33. The minimum absolute atomic E-state index is 0.00939. The summed E-state index contributed by atoms with van der Waals surface area (Å²) >= 11 is 24.7. The fourth-order valence-electron chi connectivity index (χ4n) is 3.20. The van der Waals surface area contributed by atoms with Gasteiger partial charge in [-0.3, -0.25) is 4.55 Å². The molecule has 3 aromatic rings. The molecule has 0 spiro atoms. The largest absolute Gasteiger partial charge is 0.508 e. The SMILES string of the molecule is O=S(=O)(O)C(c1cccc(O)c1)(c1ccccc1Cl)c1cc(Cl)c(O)c(Cl)c1Cl. The summed E-state index contributed by atoms with van der Waals surface area (Å²) in [6.07, 6.45) is 0. The van der Waals surface area contributed by atoms with Crippen LogP contribution in [0.3, 0.4) is 0 Å². The number of phenols is 2. The van der Waals surface area contributed by atoms with Gasteiger partial charge in [0.2, 0.25) is 0 Å². The van der Waals surface area contributed by atoms with Crippen LogP contribution in [0.25, 0.3) is 0 Å². The van der Waals surface area contributed by atoms with Crippen molar-refractivity contribution in [3.05, 3.63) is 91.4 Å². The summed E-state index contributed by atoms with van der Waals surface area (Å²) in [5.41, 5.74) is -0.393. The molecule has 152 valence electrons. The lowest BCUT2D eigenvalue weighted by Crippen LogP contribution is -2.39. The smallest absolute Gasteiger partial charge is 0.283 e. The highest BCUT2D eigenvalue weighted by Crippen LogP contribution is 2.52. The van der Waals surface area contributed by atoms with Crippen molar-refractivity contribution in [1.82, 2.24) is 0 Å². The first-order chi connectivity index (χ1) is 13.5. The lowest BCUT2D eigenvalue weighted by molar-refractivity contribution is 0.455. The van der Waals surface area contributed by atoms with Crippen molar-refractivity contribution < 1.29 is 23.2 Å². The van der Waals surface area contributed by atoms with Crippen molar-refractivity contribution in [3.63, 3.8) is 0 Å². The van der Waals surface area contributed by atoms with Crippen LogP contribution in [0.4, 0.5) is 0 Å². The molecule has 3 N–H and O–H groups in total. The van der Waals surface area contributed by atoms with Crippen LogP contribution in [0.1, 0.15) is 16.7 Å². The number of aromatic hydroxyl groups is 2. The number of rotatable bonds is 4. The Morgan fingerprint density at radius 2 is 1.41 bits per heavy atom. The predicted molar refractivity (Wildman–Crippen MR) is 114 cm³/mol. The van der Waals surface area contributed by atoms with E-state index in [0.29, 0.717) is 0 Å². The van der Waals surface area contributed by atoms with Gasteiger partial charge in [-0.1, -0.05) is 76.7 Å². The standard InChI is InChI=1S/C19H12Cl4O5S/c20-14-7-2-1-6-12(14)19(29(26,27)28,10-4-3-5-11(24)8-10)13-9-15(21)18(25)17(23)16(13)22/h1-9,24-25H,(H,26,27,28). The molecule has 0 saturated carbocycles. The van der Waals surface area contributed by atoms with Crippen molar-refractivity contribution in [3.8, 4) is 11.5 Å². The molecule has 0 aliphatic heterocycles. The van der Waals surface area contributed by atoms with E-state index in [-0.39, 0.29) is 37.5 Å². The Morgan fingerprint density at radius 1 is 0.759 bits per heavy atom. The number of halogens is 4. The minimum atomic E-state index is -5.07. The van der Waals surface area contributed by atoms with Crippen LogP contribution in [0.5, 0.6) is 11.5 Å². The van der Waals surface area contributed by atoms with Crippen LogP contribution >= 0.6 is 46.4 Å². The van der Waals surface area contributed by atoms with Gasteiger partial charge in [-0.2, -0.15) is 8.42 Å². The summed E-state index contributed by atoms with van der Waals surface area (Å²) in [6.45, 7) is 0. The van der Waals surface area contributed by atoms with E-state index in [1.165, 1.54) is 36.4 Å². The van der Waals surface area contributed by atoms with Crippen molar-refractivity contribution in [2.75, 3.05) is 0 Å². The van der Waals surface area contributed by atoms with Crippen LogP contribution in [0.2, 0.25) is 20.1 Å². The van der Waals surface area contributed by atoms with Crippen molar-refractivity contribution in [2.45, 2.75) is 4.75 Å². The summed E-state index contributed by atoms with van der Waals surface area (Å²) in [7, 11) is -5.07. The topological polar surface area (TPSA) is 94.8 Å². The Labute approximate surface area is 186 Å². The molecular weight excluding hydrogens is 482 g/mol. The van der Waals surface area contributed by atoms with Crippen molar-refractivity contribution >= 4 is 56.5 Å². The van der Waals surface area contributed by atoms with Crippen LogP contribution in [-0.4, -0.2) is 23.2 Å². The molecule has 0 heterocycles. The van der Waals surface area contributed by atoms with Crippen molar-refractivity contribution in [2.24, 2.45) is 0 Å². The summed E-state index contributed by atoms with van der Waals surface area (Å²) in [6, 6.07) is 12.2. The monoisotopic (exact) mass is 492 g/mol. The molecule has 0 saturated heterocycles. The van der Waals surface area contributed by atoms with Gasteiger partial charge in [0.1, 0.15) is 10.8 Å². The molecule has 1 unspecified atom stereocenters. The Bertz CT molecular complexity index is 1210. The number of hydrogen-bond donors (Lipinski definition) is 3. The fourth-order valence-corrected chi connectivity index (χ4v) is 5.65. The average molecular weight is 494 g/mol. The maximum atomic E-state index is 13.0. The number of benzene rings is 3. The summed E-state index contributed by atoms with van der Waals surface area (Å²) in [5.74, 6) is -0.823. The molecule has 0 aliphatic carbocycles. The Kier molecular flexibility index (Phi) is 5.98. The summed E-state index contributed by atoms with van der Waals surface area (Å²) in [5, 5.41) is 18.9. The van der Waals surface area contributed by atoms with E-state index in [1.807, 2.05) is 0 Å². The van der Waals surface area contributed by atoms with Gasteiger partial charge in [0.05, 0.1) is 10.0 Å². The Balaban J connectivity index is 2.64. The van der Waals surface area contributed by atoms with Crippen LogP contribution < -0.4 is 0 Å². The van der Waals surface area contributed by atoms with Crippen molar-refractivity contribution in [1.29, 1.82) is 0 Å². The van der Waals surface area contributed by atoms with E-state index in [9.17, 15) is 23.2 Å². The van der Waals surface area contributed by atoms with Gasteiger partial charge in [0.15, 0.2) is 10.5 Å². The second-order valence-corrected chi connectivity index (χ2v) is 9.20. The number of phenolic OH excluding ortho intramolecular Hbond substituents is 2. The molecule has 5 nitrogen and oxygen atoms in total. The van der Waals surface area contributed by atoms with Gasteiger partial charge in [0.25, 0.3) is 10.1 Å². The van der Waals surface area contributed by atoms with Gasteiger partial charge in [-0.15, -0.1) is 0 Å². The van der Waals surface area contributed by atoms with Gasteiger partial charge in [-0.05, 0) is 29.8 Å². The highest BCUT2D eigenvalue weighted by molar-refractivity contribution is 7.87. The Morgan fingerprint density at radius 3 is 2.00 bits per heavy atom. The van der Waals surface area contributed by atoms with Crippen LogP contribution in [-0.2, 0) is 14.9 Å². The first kappa shape index (κ1) is 22.0. The Hall–Kier alpha value is -1.67. The zero-order chi connectivity index (χ0) is 21.6. The van der Waals surface area contributed by atoms with Gasteiger partial charge in [-0.25, -0.2) is 0 Å². The lowest BCUT2D eigenvalue weighted by atomic mass is 9.83. The zero-order valence-electron chi connectivity index (χ0n) is 14.3.